The van der Waals surface area contributed by atoms with Crippen LogP contribution >= 0.6 is 11.3 Å². The van der Waals surface area contributed by atoms with Gasteiger partial charge in [0.05, 0.1) is 11.1 Å². The molecule has 0 aliphatic carbocycles. The topological polar surface area (TPSA) is 111 Å². The van der Waals surface area contributed by atoms with E-state index in [4.69, 9.17) is 16.2 Å². The molecule has 2 aliphatic heterocycles. The maximum atomic E-state index is 6.19. The minimum Gasteiger partial charge on any atom is -0.467 e. The molecule has 20 heavy (non-hydrogen) atoms. The van der Waals surface area contributed by atoms with E-state index < -0.39 is 5.79 Å². The normalized spacial score (nSPS) is 26.9. The molecule has 0 saturated carbocycles. The van der Waals surface area contributed by atoms with E-state index in [0.717, 1.165) is 30.8 Å². The van der Waals surface area contributed by atoms with E-state index in [-0.39, 0.29) is 6.10 Å². The molecule has 0 aromatic carbocycles. The molecule has 0 amide bonds. The number of hydrogen-bond acceptors (Lipinski definition) is 8. The van der Waals surface area contributed by atoms with Crippen molar-refractivity contribution in [3.8, 4) is 5.19 Å². The number of nitrogens with zero attached hydrogens (tertiary/aromatic N) is 2. The molecule has 0 bridgehead atoms. The molecule has 6 N–H and O–H groups in total. The van der Waals surface area contributed by atoms with Gasteiger partial charge >= 0.3 is 0 Å². The lowest BCUT2D eigenvalue weighted by Gasteiger charge is -2.26. The van der Waals surface area contributed by atoms with Crippen molar-refractivity contribution in [1.82, 2.24) is 15.6 Å². The first kappa shape index (κ1) is 13.3. The number of nitrogens with one attached hydrogen (secondary N) is 2. The van der Waals surface area contributed by atoms with Crippen LogP contribution in [0.15, 0.2) is 23.5 Å². The molecule has 0 radical (unpaired) electrons. The minimum atomic E-state index is -1.05. The van der Waals surface area contributed by atoms with Crippen LogP contribution in [0.5, 0.6) is 5.19 Å². The maximum absolute atomic E-state index is 6.19. The summed E-state index contributed by atoms with van der Waals surface area (Å²) in [6.07, 6.45) is 7.25. The molecule has 1 fully saturated rings. The summed E-state index contributed by atoms with van der Waals surface area (Å²) in [5.74, 6) is -0.660. The molecule has 1 aromatic rings. The van der Waals surface area contributed by atoms with E-state index >= 15 is 0 Å². The van der Waals surface area contributed by atoms with Crippen molar-refractivity contribution in [2.45, 2.75) is 24.7 Å². The second-order valence-corrected chi connectivity index (χ2v) is 5.83. The fourth-order valence-corrected chi connectivity index (χ4v) is 3.04. The van der Waals surface area contributed by atoms with E-state index in [0.29, 0.717) is 11.0 Å². The van der Waals surface area contributed by atoms with Gasteiger partial charge in [-0.3, -0.25) is 5.73 Å². The third-order valence-corrected chi connectivity index (χ3v) is 4.29. The van der Waals surface area contributed by atoms with Crippen LogP contribution in [0.25, 0.3) is 0 Å². The number of aliphatic imine (C=N–C) groups is 1. The highest BCUT2D eigenvalue weighted by Gasteiger charge is 2.30. The number of aromatic nitrogens is 1. The number of thiazole rings is 1. The molecule has 3 rings (SSSR count). The van der Waals surface area contributed by atoms with Crippen LogP contribution in [0, 0.1) is 0 Å². The Labute approximate surface area is 121 Å². The maximum Gasteiger partial charge on any atom is 0.273 e. The van der Waals surface area contributed by atoms with E-state index in [1.807, 2.05) is 0 Å². The molecule has 7 nitrogen and oxygen atoms in total. The molecular weight excluding hydrogens is 276 g/mol. The van der Waals surface area contributed by atoms with Crippen molar-refractivity contribution in [3.63, 3.8) is 0 Å². The van der Waals surface area contributed by atoms with Gasteiger partial charge in [0.15, 0.2) is 0 Å². The van der Waals surface area contributed by atoms with Gasteiger partial charge in [-0.25, -0.2) is 9.98 Å². The van der Waals surface area contributed by atoms with Gasteiger partial charge < -0.3 is 21.1 Å². The highest BCUT2D eigenvalue weighted by molar-refractivity contribution is 7.13. The number of amidine groups is 1. The lowest BCUT2D eigenvalue weighted by molar-refractivity contribution is 0.162. The SMILES string of the molecule is NC1=NC(N)(c2cnc(OC3CCNCC3)s2)NC=C1. The largest absolute Gasteiger partial charge is 0.467 e. The minimum absolute atomic E-state index is 0.219. The van der Waals surface area contributed by atoms with Gasteiger partial charge in [-0.15, -0.1) is 0 Å². The third kappa shape index (κ3) is 2.77. The second-order valence-electron chi connectivity index (χ2n) is 4.84. The summed E-state index contributed by atoms with van der Waals surface area (Å²) in [5, 5.41) is 6.92. The zero-order valence-corrected chi connectivity index (χ0v) is 11.8. The quantitative estimate of drug-likeness (QED) is 0.615. The summed E-state index contributed by atoms with van der Waals surface area (Å²) < 4.78 is 5.88. The summed E-state index contributed by atoms with van der Waals surface area (Å²) >= 11 is 1.40. The van der Waals surface area contributed by atoms with Crippen LogP contribution in [0.1, 0.15) is 17.7 Å². The van der Waals surface area contributed by atoms with Crippen LogP contribution < -0.4 is 26.8 Å². The predicted molar refractivity (Wildman–Crippen MR) is 78.4 cm³/mol. The molecule has 0 spiro atoms. The van der Waals surface area contributed by atoms with Crippen LogP contribution in [0.3, 0.4) is 0 Å². The van der Waals surface area contributed by atoms with Gasteiger partial charge in [0.2, 0.25) is 5.79 Å². The first-order chi connectivity index (χ1) is 9.66. The summed E-state index contributed by atoms with van der Waals surface area (Å²) in [6.45, 7) is 1.97. The number of piperidine rings is 1. The number of hydrogen-bond donors (Lipinski definition) is 4. The average Bonchev–Trinajstić information content (AvgIpc) is 2.89. The van der Waals surface area contributed by atoms with Gasteiger partial charge in [0.25, 0.3) is 5.19 Å². The molecule has 2 aliphatic rings. The number of ether oxygens (including phenoxy) is 1. The molecule has 1 aromatic heterocycles. The average molecular weight is 294 g/mol. The highest BCUT2D eigenvalue weighted by Crippen LogP contribution is 2.30. The van der Waals surface area contributed by atoms with Crippen molar-refractivity contribution >= 4 is 17.2 Å². The molecular formula is C12H18N6OS. The molecule has 1 unspecified atom stereocenters. The molecule has 1 saturated heterocycles. The van der Waals surface area contributed by atoms with Gasteiger partial charge in [0.1, 0.15) is 11.9 Å². The summed E-state index contributed by atoms with van der Waals surface area (Å²) in [5.41, 5.74) is 11.9. The fourth-order valence-electron chi connectivity index (χ4n) is 2.20. The lowest BCUT2D eigenvalue weighted by Crippen LogP contribution is -2.48. The van der Waals surface area contributed by atoms with Crippen LogP contribution in [0.4, 0.5) is 0 Å². The Morgan fingerprint density at radius 1 is 1.40 bits per heavy atom. The Kier molecular flexibility index (Phi) is 3.60. The number of nitrogens with two attached hydrogens (primary N) is 2. The Morgan fingerprint density at radius 3 is 2.95 bits per heavy atom. The molecule has 3 heterocycles. The van der Waals surface area contributed by atoms with E-state index in [1.165, 1.54) is 11.3 Å². The summed E-state index contributed by atoms with van der Waals surface area (Å²) in [4.78, 5) is 9.27. The van der Waals surface area contributed by atoms with Crippen molar-refractivity contribution in [1.29, 1.82) is 0 Å². The zero-order chi connectivity index (χ0) is 14.0. The van der Waals surface area contributed by atoms with Crippen molar-refractivity contribution in [2.24, 2.45) is 16.5 Å². The zero-order valence-electron chi connectivity index (χ0n) is 11.0. The van der Waals surface area contributed by atoms with Crippen molar-refractivity contribution in [2.75, 3.05) is 13.1 Å². The number of rotatable bonds is 3. The first-order valence-corrected chi connectivity index (χ1v) is 7.39. The Bertz CT molecular complexity index is 536. The standard InChI is InChI=1S/C12H18N6OS/c13-10-3-6-17-12(14,18-10)9-7-16-11(20-9)19-8-1-4-15-5-2-8/h3,6-8,15,17H,1-2,4-5,14H2,(H2,13,18). The van der Waals surface area contributed by atoms with Crippen molar-refractivity contribution in [3.05, 3.63) is 23.3 Å². The Balaban J connectivity index is 1.71. The van der Waals surface area contributed by atoms with Gasteiger partial charge in [-0.1, -0.05) is 11.3 Å². The Morgan fingerprint density at radius 2 is 2.20 bits per heavy atom. The summed E-state index contributed by atoms with van der Waals surface area (Å²) in [7, 11) is 0. The van der Waals surface area contributed by atoms with Crippen molar-refractivity contribution < 1.29 is 4.74 Å². The second kappa shape index (κ2) is 5.39. The lowest BCUT2D eigenvalue weighted by atomic mass is 10.1. The smallest absolute Gasteiger partial charge is 0.273 e. The van der Waals surface area contributed by atoms with Gasteiger partial charge in [-0.05, 0) is 32.0 Å². The third-order valence-electron chi connectivity index (χ3n) is 3.28. The fraction of sp³-hybridized carbons (Fsp3) is 0.500. The van der Waals surface area contributed by atoms with Crippen LogP contribution in [-0.2, 0) is 5.79 Å². The molecule has 1 atom stereocenters. The predicted octanol–water partition coefficient (Wildman–Crippen LogP) is -0.183. The van der Waals surface area contributed by atoms with Crippen LogP contribution in [0.2, 0.25) is 0 Å². The van der Waals surface area contributed by atoms with Crippen LogP contribution in [-0.4, -0.2) is 30.0 Å². The highest BCUT2D eigenvalue weighted by atomic mass is 32.1. The Hall–Kier alpha value is -1.64. The van der Waals surface area contributed by atoms with E-state index in [2.05, 4.69) is 20.6 Å². The van der Waals surface area contributed by atoms with Gasteiger partial charge in [0, 0.05) is 6.20 Å². The first-order valence-electron chi connectivity index (χ1n) is 6.58. The van der Waals surface area contributed by atoms with E-state index in [9.17, 15) is 0 Å². The summed E-state index contributed by atoms with van der Waals surface area (Å²) in [6, 6.07) is 0. The van der Waals surface area contributed by atoms with Gasteiger partial charge in [-0.2, -0.15) is 0 Å². The van der Waals surface area contributed by atoms with E-state index in [1.54, 1.807) is 18.5 Å². The molecule has 108 valence electrons. The molecule has 8 heteroatoms. The monoisotopic (exact) mass is 294 g/mol.